The van der Waals surface area contributed by atoms with Crippen molar-refractivity contribution in [3.63, 3.8) is 0 Å². The summed E-state index contributed by atoms with van der Waals surface area (Å²) in [4.78, 5) is 28.8. The Morgan fingerprint density at radius 1 is 1.08 bits per heavy atom. The molecule has 0 bridgehead atoms. The molecule has 2 aromatic carbocycles. The van der Waals surface area contributed by atoms with E-state index in [0.29, 0.717) is 28.3 Å². The fraction of sp³-hybridized carbons (Fsp3) is 0.370. The predicted octanol–water partition coefficient (Wildman–Crippen LogP) is 4.86. The van der Waals surface area contributed by atoms with Crippen LogP contribution in [-0.4, -0.2) is 85.6 Å². The van der Waals surface area contributed by atoms with Gasteiger partial charge in [0.15, 0.2) is 0 Å². The van der Waals surface area contributed by atoms with E-state index in [-0.39, 0.29) is 17.5 Å². The zero-order valence-corrected chi connectivity index (χ0v) is 23.6. The van der Waals surface area contributed by atoms with E-state index in [1.807, 2.05) is 38.1 Å². The lowest BCUT2D eigenvalue weighted by Gasteiger charge is -2.34. The SMILES string of the molecule is CC(COc1nc(Nc2ccc(N3CCN(C)CC3)cc2)ncc1C(=O)Nc1c(Cl)cccc1Cl)N(C)C. The third-order valence-corrected chi connectivity index (χ3v) is 7.16. The lowest BCUT2D eigenvalue weighted by atomic mass is 10.2. The molecule has 0 aliphatic carbocycles. The van der Waals surface area contributed by atoms with Gasteiger partial charge in [-0.25, -0.2) is 4.98 Å². The summed E-state index contributed by atoms with van der Waals surface area (Å²) in [6.45, 7) is 6.45. The Kier molecular flexibility index (Phi) is 9.27. The van der Waals surface area contributed by atoms with Gasteiger partial charge in [0.25, 0.3) is 5.91 Å². The zero-order chi connectivity index (χ0) is 27.2. The van der Waals surface area contributed by atoms with E-state index < -0.39 is 5.91 Å². The van der Waals surface area contributed by atoms with Gasteiger partial charge in [-0.3, -0.25) is 4.79 Å². The van der Waals surface area contributed by atoms with Gasteiger partial charge in [-0.15, -0.1) is 0 Å². The van der Waals surface area contributed by atoms with Crippen LogP contribution in [0, 0.1) is 0 Å². The average molecular weight is 559 g/mol. The van der Waals surface area contributed by atoms with Gasteiger partial charge in [0.05, 0.1) is 15.7 Å². The molecule has 1 fully saturated rings. The van der Waals surface area contributed by atoms with Crippen molar-refractivity contribution in [1.29, 1.82) is 0 Å². The maximum absolute atomic E-state index is 13.2. The number of halogens is 2. The van der Waals surface area contributed by atoms with E-state index in [1.54, 1.807) is 18.2 Å². The number of hydrogen-bond acceptors (Lipinski definition) is 8. The molecule has 1 saturated heterocycles. The van der Waals surface area contributed by atoms with Crippen LogP contribution in [0.2, 0.25) is 10.0 Å². The van der Waals surface area contributed by atoms with Crippen LogP contribution in [0.1, 0.15) is 17.3 Å². The summed E-state index contributed by atoms with van der Waals surface area (Å²) < 4.78 is 5.99. The Morgan fingerprint density at radius 3 is 2.37 bits per heavy atom. The fourth-order valence-electron chi connectivity index (χ4n) is 3.79. The molecule has 9 nitrogen and oxygen atoms in total. The van der Waals surface area contributed by atoms with E-state index in [0.717, 1.165) is 31.9 Å². The molecule has 1 aromatic heterocycles. The first kappa shape index (κ1) is 27.9. The number of para-hydroxylation sites is 1. The van der Waals surface area contributed by atoms with Crippen LogP contribution in [0.15, 0.2) is 48.7 Å². The summed E-state index contributed by atoms with van der Waals surface area (Å²) >= 11 is 12.5. The quantitative estimate of drug-likeness (QED) is 0.385. The number of ether oxygens (including phenoxy) is 1. The lowest BCUT2D eigenvalue weighted by molar-refractivity contribution is 0.101. The molecule has 38 heavy (non-hydrogen) atoms. The zero-order valence-electron chi connectivity index (χ0n) is 22.0. The number of carbonyl (C=O) groups excluding carboxylic acids is 1. The number of likely N-dealkylation sites (N-methyl/N-ethyl adjacent to an activating group) is 2. The molecule has 0 spiro atoms. The van der Waals surface area contributed by atoms with Crippen LogP contribution in [0.3, 0.4) is 0 Å². The largest absolute Gasteiger partial charge is 0.475 e. The maximum Gasteiger partial charge on any atom is 0.262 e. The molecule has 0 radical (unpaired) electrons. The number of aromatic nitrogens is 2. The Balaban J connectivity index is 1.53. The number of nitrogens with one attached hydrogen (secondary N) is 2. The topological polar surface area (TPSA) is 85.9 Å². The van der Waals surface area contributed by atoms with Crippen molar-refractivity contribution in [2.75, 3.05) is 69.5 Å². The minimum Gasteiger partial charge on any atom is -0.475 e. The first-order valence-electron chi connectivity index (χ1n) is 12.4. The molecule has 1 amide bonds. The molecule has 3 aromatic rings. The van der Waals surface area contributed by atoms with Crippen LogP contribution in [0.25, 0.3) is 0 Å². The first-order chi connectivity index (χ1) is 18.2. The second-order valence-electron chi connectivity index (χ2n) is 9.55. The van der Waals surface area contributed by atoms with Crippen LogP contribution in [0.5, 0.6) is 5.88 Å². The van der Waals surface area contributed by atoms with Crippen LogP contribution in [-0.2, 0) is 0 Å². The third-order valence-electron chi connectivity index (χ3n) is 6.53. The van der Waals surface area contributed by atoms with Gasteiger partial charge in [0.1, 0.15) is 12.2 Å². The maximum atomic E-state index is 13.2. The van der Waals surface area contributed by atoms with Crippen LogP contribution < -0.4 is 20.3 Å². The standard InChI is InChI=1S/C27H33Cl2N7O2/c1-18(34(2)3)17-38-26-21(25(37)32-24-22(28)6-5-7-23(24)29)16-30-27(33-26)31-19-8-10-20(11-9-19)36-14-12-35(4)13-15-36/h5-11,16,18H,12-15,17H2,1-4H3,(H,32,37)(H,30,31,33). The lowest BCUT2D eigenvalue weighted by Crippen LogP contribution is -2.44. The number of nitrogens with zero attached hydrogens (tertiary/aromatic N) is 5. The molecule has 1 atom stereocenters. The highest BCUT2D eigenvalue weighted by atomic mass is 35.5. The van der Waals surface area contributed by atoms with E-state index in [2.05, 4.69) is 49.6 Å². The summed E-state index contributed by atoms with van der Waals surface area (Å²) in [7, 11) is 6.06. The van der Waals surface area contributed by atoms with Gasteiger partial charge in [-0.05, 0) is 64.5 Å². The number of carbonyl (C=O) groups is 1. The van der Waals surface area contributed by atoms with Crippen molar-refractivity contribution in [1.82, 2.24) is 19.8 Å². The predicted molar refractivity (Wildman–Crippen MR) is 155 cm³/mol. The first-order valence-corrected chi connectivity index (χ1v) is 13.2. The van der Waals surface area contributed by atoms with Gasteiger partial charge >= 0.3 is 0 Å². The molecule has 1 aliphatic rings. The van der Waals surface area contributed by atoms with E-state index in [4.69, 9.17) is 27.9 Å². The monoisotopic (exact) mass is 557 g/mol. The van der Waals surface area contributed by atoms with Crippen molar-refractivity contribution in [2.45, 2.75) is 13.0 Å². The Hall–Kier alpha value is -3.11. The van der Waals surface area contributed by atoms with Gasteiger partial charge in [-0.2, -0.15) is 4.98 Å². The third kappa shape index (κ3) is 7.05. The van der Waals surface area contributed by atoms with Crippen molar-refractivity contribution in [2.24, 2.45) is 0 Å². The number of piperazine rings is 1. The summed E-state index contributed by atoms with van der Waals surface area (Å²) in [6, 6.07) is 13.3. The molecule has 202 valence electrons. The Bertz CT molecular complexity index is 1230. The number of rotatable bonds is 9. The normalized spacial score (nSPS) is 14.9. The Morgan fingerprint density at radius 2 is 1.74 bits per heavy atom. The molecule has 11 heteroatoms. The number of benzene rings is 2. The van der Waals surface area contributed by atoms with E-state index >= 15 is 0 Å². The average Bonchev–Trinajstić information content (AvgIpc) is 2.90. The summed E-state index contributed by atoms with van der Waals surface area (Å²) in [5.74, 6) is -0.00121. The molecular formula is C27H33Cl2N7O2. The van der Waals surface area contributed by atoms with Crippen molar-refractivity contribution < 1.29 is 9.53 Å². The van der Waals surface area contributed by atoms with Gasteiger partial charge in [0, 0.05) is 49.8 Å². The van der Waals surface area contributed by atoms with E-state index in [1.165, 1.54) is 11.9 Å². The molecule has 0 saturated carbocycles. The smallest absolute Gasteiger partial charge is 0.262 e. The second-order valence-corrected chi connectivity index (χ2v) is 10.4. The summed E-state index contributed by atoms with van der Waals surface area (Å²) in [6.07, 6.45) is 1.43. The van der Waals surface area contributed by atoms with Crippen molar-refractivity contribution in [3.8, 4) is 5.88 Å². The van der Waals surface area contributed by atoms with Crippen molar-refractivity contribution >= 4 is 52.1 Å². The highest BCUT2D eigenvalue weighted by Gasteiger charge is 2.20. The number of amides is 1. The molecule has 1 unspecified atom stereocenters. The molecule has 2 heterocycles. The van der Waals surface area contributed by atoms with Gasteiger partial charge in [-0.1, -0.05) is 29.3 Å². The van der Waals surface area contributed by atoms with Crippen molar-refractivity contribution in [3.05, 3.63) is 64.3 Å². The highest BCUT2D eigenvalue weighted by Crippen LogP contribution is 2.31. The summed E-state index contributed by atoms with van der Waals surface area (Å²) in [5.41, 5.74) is 2.49. The number of hydrogen-bond donors (Lipinski definition) is 2. The number of anilines is 4. The molecular weight excluding hydrogens is 525 g/mol. The van der Waals surface area contributed by atoms with Crippen LogP contribution >= 0.6 is 23.2 Å². The van der Waals surface area contributed by atoms with Gasteiger partial charge < -0.3 is 30.1 Å². The fourth-order valence-corrected chi connectivity index (χ4v) is 4.28. The second kappa shape index (κ2) is 12.6. The minimum absolute atomic E-state index is 0.0948. The highest BCUT2D eigenvalue weighted by molar-refractivity contribution is 6.40. The minimum atomic E-state index is -0.476. The molecule has 4 rings (SSSR count). The Labute approximate surface area is 233 Å². The molecule has 2 N–H and O–H groups in total. The van der Waals surface area contributed by atoms with Gasteiger partial charge in [0.2, 0.25) is 11.8 Å². The van der Waals surface area contributed by atoms with Crippen LogP contribution in [0.4, 0.5) is 23.0 Å². The molecule has 1 aliphatic heterocycles. The van der Waals surface area contributed by atoms with E-state index in [9.17, 15) is 4.79 Å². The summed E-state index contributed by atoms with van der Waals surface area (Å²) in [5, 5.41) is 6.62.